The van der Waals surface area contributed by atoms with Crippen molar-refractivity contribution in [2.75, 3.05) is 9.80 Å². The Morgan fingerprint density at radius 3 is 1.11 bits per heavy atom. The molecular weight excluding hydrogens is 1000 g/mol. The summed E-state index contributed by atoms with van der Waals surface area (Å²) in [5.41, 5.74) is 19.2. The number of aromatic nitrogens is 2. The van der Waals surface area contributed by atoms with Gasteiger partial charge in [-0.2, -0.15) is 0 Å². The summed E-state index contributed by atoms with van der Waals surface area (Å²) in [7, 11) is 0. The molecule has 0 saturated carbocycles. The van der Waals surface area contributed by atoms with Crippen LogP contribution in [0, 0.1) is 13.8 Å². The van der Waals surface area contributed by atoms with Crippen LogP contribution in [0.5, 0.6) is 0 Å². The van der Waals surface area contributed by atoms with Gasteiger partial charge in [0.25, 0.3) is 0 Å². The molecule has 17 rings (SSSR count). The number of para-hydroxylation sites is 6. The van der Waals surface area contributed by atoms with Crippen molar-refractivity contribution in [1.29, 1.82) is 0 Å². The molecule has 4 aromatic heterocycles. The highest BCUT2D eigenvalue weighted by Crippen LogP contribution is 2.49. The van der Waals surface area contributed by atoms with Crippen molar-refractivity contribution in [3.05, 3.63) is 278 Å². The first-order chi connectivity index (χ1) is 40.5. The van der Waals surface area contributed by atoms with Crippen LogP contribution in [0.4, 0.5) is 34.1 Å². The van der Waals surface area contributed by atoms with Gasteiger partial charge < -0.3 is 27.8 Å². The van der Waals surface area contributed by atoms with E-state index in [1.54, 1.807) is 0 Å². The van der Waals surface area contributed by atoms with Crippen molar-refractivity contribution in [3.63, 3.8) is 0 Å². The van der Waals surface area contributed by atoms with Crippen LogP contribution in [0.3, 0.4) is 0 Å². The van der Waals surface area contributed by atoms with E-state index in [-0.39, 0.29) is 0 Å². The highest BCUT2D eigenvalue weighted by atomic mass is 16.3. The molecular formula is C76H50N4O2. The summed E-state index contributed by atoms with van der Waals surface area (Å²) >= 11 is 0. The van der Waals surface area contributed by atoms with Gasteiger partial charge in [-0.3, -0.25) is 0 Å². The maximum atomic E-state index is 6.87. The molecule has 0 radical (unpaired) electrons. The largest absolute Gasteiger partial charge is 0.456 e. The fraction of sp³-hybridized carbons (Fsp3) is 0.0263. The van der Waals surface area contributed by atoms with Crippen molar-refractivity contribution < 1.29 is 8.83 Å². The Morgan fingerprint density at radius 1 is 0.268 bits per heavy atom. The summed E-state index contributed by atoms with van der Waals surface area (Å²) in [4.78, 5) is 4.87. The van der Waals surface area contributed by atoms with Crippen LogP contribution in [-0.2, 0) is 0 Å². The molecule has 0 saturated heterocycles. The first kappa shape index (κ1) is 46.1. The number of aryl methyl sites for hydroxylation is 2. The fourth-order valence-electron chi connectivity index (χ4n) is 13.4. The predicted molar refractivity (Wildman–Crippen MR) is 344 cm³/mol. The quantitative estimate of drug-likeness (QED) is 0.152. The zero-order valence-electron chi connectivity index (χ0n) is 45.0. The van der Waals surface area contributed by atoms with Crippen molar-refractivity contribution >= 4 is 143 Å². The minimum absolute atomic E-state index is 0.830. The topological polar surface area (TPSA) is 42.6 Å². The van der Waals surface area contributed by atoms with E-state index >= 15 is 0 Å². The van der Waals surface area contributed by atoms with Crippen LogP contribution < -0.4 is 9.80 Å². The minimum atomic E-state index is 0.830. The molecule has 0 amide bonds. The average Bonchev–Trinajstić information content (AvgIpc) is 4.46. The number of hydrogen-bond acceptors (Lipinski definition) is 4. The number of hydrogen-bond donors (Lipinski definition) is 0. The van der Waals surface area contributed by atoms with E-state index in [0.29, 0.717) is 0 Å². The number of nitrogens with zero attached hydrogens (tertiary/aromatic N) is 4. The number of anilines is 6. The zero-order valence-corrected chi connectivity index (χ0v) is 45.0. The summed E-state index contributed by atoms with van der Waals surface area (Å²) < 4.78 is 18.5. The van der Waals surface area contributed by atoms with Gasteiger partial charge in [-0.1, -0.05) is 133 Å². The first-order valence-electron chi connectivity index (χ1n) is 28.1. The van der Waals surface area contributed by atoms with Gasteiger partial charge in [0.05, 0.1) is 33.4 Å². The second-order valence-corrected chi connectivity index (χ2v) is 21.7. The molecule has 386 valence electrons. The minimum Gasteiger partial charge on any atom is -0.456 e. The van der Waals surface area contributed by atoms with Crippen LogP contribution in [0.25, 0.3) is 120 Å². The summed E-state index contributed by atoms with van der Waals surface area (Å²) in [6, 6.07) is 96.5. The molecule has 17 aromatic rings. The van der Waals surface area contributed by atoms with Crippen LogP contribution in [0.1, 0.15) is 11.1 Å². The van der Waals surface area contributed by atoms with Gasteiger partial charge in [-0.15, -0.1) is 0 Å². The lowest BCUT2D eigenvalue weighted by Gasteiger charge is -2.28. The second-order valence-electron chi connectivity index (χ2n) is 21.7. The third kappa shape index (κ3) is 6.88. The SMILES string of the molecule is Cc1ccccc1N(c1ccc2cc3c(cc2c1)oc1ccc2oc4cc5cc(N(c6ccccc6C)c6cccc7c6c6ccccc6n7-c6ccccc6)ccc5cc4c2c13)c1cccc2c1c1ccccc1n2-c1ccccc1. The van der Waals surface area contributed by atoms with Gasteiger partial charge >= 0.3 is 0 Å². The number of rotatable bonds is 8. The van der Waals surface area contributed by atoms with Gasteiger partial charge in [0, 0.05) is 77.2 Å². The molecule has 6 heteroatoms. The number of fused-ring (bicyclic) bond motifs is 15. The number of benzene rings is 13. The molecule has 0 aliphatic rings. The van der Waals surface area contributed by atoms with Gasteiger partial charge in [-0.25, -0.2) is 0 Å². The predicted octanol–water partition coefficient (Wildman–Crippen LogP) is 21.5. The summed E-state index contributed by atoms with van der Waals surface area (Å²) in [6.07, 6.45) is 0. The standard InChI is InChI=1S/C76H50N4O2/c1-47-19-9-13-27-61(47)79(67-33-17-31-65-73(67)57-25-11-15-29-63(57)77(65)53-21-5-3-6-22-53)55-37-35-49-43-59-71(45-51(49)41-55)81-69-39-40-70-76(75(59)69)60-44-50-36-38-56(42-52(50)46-72(60)82-70)80(62-28-14-10-20-48(62)2)68-34-18-32-66-74(68)58-26-12-16-30-64(58)78(66)54-23-7-4-8-24-54/h3-46H,1-2H3. The van der Waals surface area contributed by atoms with E-state index in [0.717, 1.165) is 122 Å². The molecule has 0 aliphatic heterocycles. The maximum absolute atomic E-state index is 6.87. The van der Waals surface area contributed by atoms with Crippen molar-refractivity contribution in [2.45, 2.75) is 13.8 Å². The van der Waals surface area contributed by atoms with E-state index < -0.39 is 0 Å². The average molecular weight is 1050 g/mol. The summed E-state index contributed by atoms with van der Waals surface area (Å²) in [5, 5.41) is 13.5. The lowest BCUT2D eigenvalue weighted by Crippen LogP contribution is -2.11. The molecule has 0 fully saturated rings. The Balaban J connectivity index is 0.808. The van der Waals surface area contributed by atoms with E-state index in [1.807, 2.05) is 0 Å². The molecule has 0 aliphatic carbocycles. The van der Waals surface area contributed by atoms with Gasteiger partial charge in [0.1, 0.15) is 22.3 Å². The first-order valence-corrected chi connectivity index (χ1v) is 28.1. The Bertz CT molecular complexity index is 5110. The Kier molecular flexibility index (Phi) is 10.0. The Morgan fingerprint density at radius 2 is 0.659 bits per heavy atom. The second kappa shape index (κ2) is 17.8. The molecule has 0 atom stereocenters. The van der Waals surface area contributed by atoms with E-state index in [4.69, 9.17) is 8.83 Å². The normalized spacial score (nSPS) is 12.0. The smallest absolute Gasteiger partial charge is 0.136 e. The highest BCUT2D eigenvalue weighted by Gasteiger charge is 2.26. The highest BCUT2D eigenvalue weighted by molar-refractivity contribution is 6.28. The molecule has 0 spiro atoms. The molecule has 0 N–H and O–H groups in total. The van der Waals surface area contributed by atoms with Crippen LogP contribution >= 0.6 is 0 Å². The van der Waals surface area contributed by atoms with Gasteiger partial charge in [-0.05, 0) is 180 Å². The zero-order chi connectivity index (χ0) is 54.2. The molecule has 13 aromatic carbocycles. The Hall–Kier alpha value is -10.8. The third-order valence-corrected chi connectivity index (χ3v) is 17.0. The van der Waals surface area contributed by atoms with Crippen molar-refractivity contribution in [1.82, 2.24) is 9.13 Å². The third-order valence-electron chi connectivity index (χ3n) is 17.0. The monoisotopic (exact) mass is 1050 g/mol. The van der Waals surface area contributed by atoms with Crippen molar-refractivity contribution in [3.8, 4) is 11.4 Å². The van der Waals surface area contributed by atoms with Crippen LogP contribution in [-0.4, -0.2) is 9.13 Å². The number of furan rings is 2. The van der Waals surface area contributed by atoms with E-state index in [1.165, 1.54) is 43.7 Å². The maximum Gasteiger partial charge on any atom is 0.136 e. The van der Waals surface area contributed by atoms with Crippen LogP contribution in [0.15, 0.2) is 276 Å². The molecule has 82 heavy (non-hydrogen) atoms. The fourth-order valence-corrected chi connectivity index (χ4v) is 13.4. The summed E-state index contributed by atoms with van der Waals surface area (Å²) in [5.74, 6) is 0. The molecule has 4 heterocycles. The lowest BCUT2D eigenvalue weighted by atomic mass is 10.00. The van der Waals surface area contributed by atoms with Gasteiger partial charge in [0.15, 0.2) is 0 Å². The van der Waals surface area contributed by atoms with E-state index in [2.05, 4.69) is 300 Å². The summed E-state index contributed by atoms with van der Waals surface area (Å²) in [6.45, 7) is 4.40. The van der Waals surface area contributed by atoms with Crippen LogP contribution in [0.2, 0.25) is 0 Å². The molecule has 0 unspecified atom stereocenters. The molecule has 6 nitrogen and oxygen atoms in total. The molecule has 0 bridgehead atoms. The lowest BCUT2D eigenvalue weighted by molar-refractivity contribution is 0.663. The van der Waals surface area contributed by atoms with Gasteiger partial charge in [0.2, 0.25) is 0 Å². The Labute approximate surface area is 471 Å². The van der Waals surface area contributed by atoms with Crippen molar-refractivity contribution in [2.24, 2.45) is 0 Å². The van der Waals surface area contributed by atoms with E-state index in [9.17, 15) is 0 Å².